The number of hydrogen-bond donors (Lipinski definition) is 2. The van der Waals surface area contributed by atoms with E-state index in [0.717, 1.165) is 19.5 Å². The van der Waals surface area contributed by atoms with Crippen molar-refractivity contribution in [3.05, 3.63) is 0 Å². The summed E-state index contributed by atoms with van der Waals surface area (Å²) in [7, 11) is 0. The summed E-state index contributed by atoms with van der Waals surface area (Å²) in [6.45, 7) is 7.96. The predicted octanol–water partition coefficient (Wildman–Crippen LogP) is 1.32. The third kappa shape index (κ3) is 3.76. The maximum Gasteiger partial charge on any atom is 0.323 e. The number of rotatable bonds is 7. The molecule has 2 N–H and O–H groups in total. The van der Waals surface area contributed by atoms with E-state index < -0.39 is 11.5 Å². The molecule has 4 nitrogen and oxygen atoms in total. The molecule has 0 aromatic heterocycles. The molecule has 0 saturated carbocycles. The number of likely N-dealkylation sites (tertiary alicyclic amines) is 1. The minimum Gasteiger partial charge on any atom is -0.480 e. The van der Waals surface area contributed by atoms with Crippen molar-refractivity contribution in [2.75, 3.05) is 26.2 Å². The van der Waals surface area contributed by atoms with Gasteiger partial charge in [0.05, 0.1) is 0 Å². The Morgan fingerprint density at radius 2 is 2.06 bits per heavy atom. The quantitative estimate of drug-likeness (QED) is 0.645. The highest BCUT2D eigenvalue weighted by Gasteiger charge is 2.29. The van der Waals surface area contributed by atoms with Crippen molar-refractivity contribution in [3.8, 4) is 0 Å². The number of carboxylic acids is 1. The normalized spacial score (nSPS) is 20.9. The molecule has 1 saturated heterocycles. The number of aliphatic carboxylic acids is 1. The van der Waals surface area contributed by atoms with Crippen molar-refractivity contribution in [2.24, 2.45) is 0 Å². The van der Waals surface area contributed by atoms with Crippen LogP contribution >= 0.6 is 0 Å². The largest absolute Gasteiger partial charge is 0.480 e. The molecule has 1 atom stereocenters. The van der Waals surface area contributed by atoms with Crippen molar-refractivity contribution in [2.45, 2.75) is 45.1 Å². The van der Waals surface area contributed by atoms with Gasteiger partial charge >= 0.3 is 5.97 Å². The maximum atomic E-state index is 11.0. The highest BCUT2D eigenvalue weighted by molar-refractivity contribution is 5.78. The lowest BCUT2D eigenvalue weighted by molar-refractivity contribution is -0.144. The second-order valence-electron chi connectivity index (χ2n) is 4.82. The van der Waals surface area contributed by atoms with Gasteiger partial charge in [-0.3, -0.25) is 4.79 Å². The lowest BCUT2D eigenvalue weighted by atomic mass is 9.99. The van der Waals surface area contributed by atoms with E-state index in [0.29, 0.717) is 6.42 Å². The van der Waals surface area contributed by atoms with Gasteiger partial charge in [-0.15, -0.1) is 0 Å². The van der Waals surface area contributed by atoms with Gasteiger partial charge in [-0.2, -0.15) is 0 Å². The van der Waals surface area contributed by atoms with Crippen molar-refractivity contribution in [3.63, 3.8) is 0 Å². The van der Waals surface area contributed by atoms with Crippen LogP contribution in [0.3, 0.4) is 0 Å². The van der Waals surface area contributed by atoms with Gasteiger partial charge in [0, 0.05) is 0 Å². The summed E-state index contributed by atoms with van der Waals surface area (Å²) in [6.07, 6.45) is 4.28. The van der Waals surface area contributed by atoms with Crippen LogP contribution in [0.25, 0.3) is 0 Å². The van der Waals surface area contributed by atoms with Crippen LogP contribution in [0.5, 0.6) is 0 Å². The van der Waals surface area contributed by atoms with E-state index in [1.165, 1.54) is 25.9 Å². The Hall–Kier alpha value is -0.610. The van der Waals surface area contributed by atoms with Gasteiger partial charge in [-0.05, 0) is 58.8 Å². The summed E-state index contributed by atoms with van der Waals surface area (Å²) in [6, 6.07) is 0. The van der Waals surface area contributed by atoms with E-state index in [4.69, 9.17) is 5.11 Å². The molecule has 0 amide bonds. The third-order valence-corrected chi connectivity index (χ3v) is 3.54. The molecule has 0 radical (unpaired) electrons. The first kappa shape index (κ1) is 13.5. The van der Waals surface area contributed by atoms with E-state index in [9.17, 15) is 4.79 Å². The predicted molar refractivity (Wildman–Crippen MR) is 64.6 cm³/mol. The average molecular weight is 228 g/mol. The topological polar surface area (TPSA) is 52.6 Å². The molecule has 0 aliphatic carbocycles. The lowest BCUT2D eigenvalue weighted by Gasteiger charge is -2.25. The molecule has 94 valence electrons. The molecule has 4 heteroatoms. The smallest absolute Gasteiger partial charge is 0.323 e. The number of carbonyl (C=O) groups is 1. The third-order valence-electron chi connectivity index (χ3n) is 3.54. The van der Waals surface area contributed by atoms with Gasteiger partial charge in [0.1, 0.15) is 5.54 Å². The summed E-state index contributed by atoms with van der Waals surface area (Å²) in [5, 5.41) is 12.2. The first-order valence-corrected chi connectivity index (χ1v) is 6.29. The molecular formula is C12H24N2O2. The Balaban J connectivity index is 2.15. The van der Waals surface area contributed by atoms with Crippen LogP contribution in [0.2, 0.25) is 0 Å². The standard InChI is InChI=1S/C12H24N2O2/c1-3-12(2,11(15)16)13-7-6-10-14-8-4-5-9-14/h13H,3-10H2,1-2H3,(H,15,16). The SMILES string of the molecule is CCC(C)(NCCCN1CCCC1)C(=O)O. The second-order valence-corrected chi connectivity index (χ2v) is 4.82. The molecule has 1 heterocycles. The van der Waals surface area contributed by atoms with Crippen LogP contribution in [0.15, 0.2) is 0 Å². The highest BCUT2D eigenvalue weighted by atomic mass is 16.4. The summed E-state index contributed by atoms with van der Waals surface area (Å²) >= 11 is 0. The number of nitrogens with zero attached hydrogens (tertiary/aromatic N) is 1. The first-order chi connectivity index (χ1) is 7.58. The molecule has 0 aromatic rings. The summed E-state index contributed by atoms with van der Waals surface area (Å²) in [5.74, 6) is -0.754. The van der Waals surface area contributed by atoms with Crippen LogP contribution in [-0.4, -0.2) is 47.7 Å². The van der Waals surface area contributed by atoms with Crippen LogP contribution in [0, 0.1) is 0 Å². The zero-order valence-electron chi connectivity index (χ0n) is 10.5. The second kappa shape index (κ2) is 6.21. The zero-order valence-corrected chi connectivity index (χ0v) is 10.5. The molecule has 16 heavy (non-hydrogen) atoms. The van der Waals surface area contributed by atoms with Crippen LogP contribution in [0.1, 0.15) is 39.5 Å². The fraction of sp³-hybridized carbons (Fsp3) is 0.917. The first-order valence-electron chi connectivity index (χ1n) is 6.29. The van der Waals surface area contributed by atoms with Crippen LogP contribution in [-0.2, 0) is 4.79 Å². The highest BCUT2D eigenvalue weighted by Crippen LogP contribution is 2.10. The zero-order chi connectivity index (χ0) is 12.0. The Morgan fingerprint density at radius 1 is 1.44 bits per heavy atom. The number of hydrogen-bond acceptors (Lipinski definition) is 3. The summed E-state index contributed by atoms with van der Waals surface area (Å²) in [4.78, 5) is 13.5. The fourth-order valence-corrected chi connectivity index (χ4v) is 2.03. The van der Waals surface area contributed by atoms with Crippen LogP contribution in [0.4, 0.5) is 0 Å². The molecule has 0 aromatic carbocycles. The average Bonchev–Trinajstić information content (AvgIpc) is 2.76. The fourth-order valence-electron chi connectivity index (χ4n) is 2.03. The van der Waals surface area contributed by atoms with Gasteiger partial charge in [0.2, 0.25) is 0 Å². The maximum absolute atomic E-state index is 11.0. The van der Waals surface area contributed by atoms with E-state index in [1.54, 1.807) is 6.92 Å². The van der Waals surface area contributed by atoms with E-state index in [-0.39, 0.29) is 0 Å². The molecule has 0 bridgehead atoms. The Morgan fingerprint density at radius 3 is 2.56 bits per heavy atom. The van der Waals surface area contributed by atoms with Crippen molar-refractivity contribution < 1.29 is 9.90 Å². The van der Waals surface area contributed by atoms with Gasteiger partial charge < -0.3 is 15.3 Å². The molecule has 0 spiro atoms. The Bertz CT molecular complexity index is 227. The van der Waals surface area contributed by atoms with E-state index in [1.807, 2.05) is 6.92 Å². The Labute approximate surface area is 98.0 Å². The molecule has 1 aliphatic heterocycles. The molecule has 1 unspecified atom stereocenters. The van der Waals surface area contributed by atoms with Gasteiger partial charge in [-0.1, -0.05) is 6.92 Å². The summed E-state index contributed by atoms with van der Waals surface area (Å²) < 4.78 is 0. The summed E-state index contributed by atoms with van der Waals surface area (Å²) in [5.41, 5.74) is -0.759. The number of nitrogens with one attached hydrogen (secondary N) is 1. The van der Waals surface area contributed by atoms with Crippen molar-refractivity contribution in [1.82, 2.24) is 10.2 Å². The van der Waals surface area contributed by atoms with Gasteiger partial charge in [0.15, 0.2) is 0 Å². The van der Waals surface area contributed by atoms with Gasteiger partial charge in [0.25, 0.3) is 0 Å². The molecule has 1 fully saturated rings. The minimum absolute atomic E-state index is 0.617. The van der Waals surface area contributed by atoms with Crippen LogP contribution < -0.4 is 5.32 Å². The van der Waals surface area contributed by atoms with Crippen molar-refractivity contribution in [1.29, 1.82) is 0 Å². The monoisotopic (exact) mass is 228 g/mol. The molecular weight excluding hydrogens is 204 g/mol. The Kier molecular flexibility index (Phi) is 5.22. The minimum atomic E-state index is -0.759. The molecule has 1 rings (SSSR count). The molecule has 1 aliphatic rings. The van der Waals surface area contributed by atoms with Gasteiger partial charge in [-0.25, -0.2) is 0 Å². The van der Waals surface area contributed by atoms with E-state index >= 15 is 0 Å². The lowest BCUT2D eigenvalue weighted by Crippen LogP contribution is -2.49. The van der Waals surface area contributed by atoms with Crippen molar-refractivity contribution >= 4 is 5.97 Å². The number of carboxylic acid groups (broad SMARTS) is 1. The van der Waals surface area contributed by atoms with E-state index in [2.05, 4.69) is 10.2 Å².